The molecule has 1 aromatic carbocycles. The molecule has 4 atom stereocenters. The smallest absolute Gasteiger partial charge is 0.311 e. The number of likely N-dealkylation sites (tertiary alicyclic amines) is 1. The van der Waals surface area contributed by atoms with Gasteiger partial charge in [-0.1, -0.05) is 30.3 Å². The van der Waals surface area contributed by atoms with Crippen LogP contribution in [0, 0.1) is 11.8 Å². The molecule has 2 aliphatic rings. The summed E-state index contributed by atoms with van der Waals surface area (Å²) in [7, 11) is 1.68. The number of aromatic nitrogens is 3. The van der Waals surface area contributed by atoms with Gasteiger partial charge >= 0.3 is 5.97 Å². The second-order valence-electron chi connectivity index (χ2n) is 7.74. The molecule has 0 bridgehead atoms. The first kappa shape index (κ1) is 20.1. The first-order chi connectivity index (χ1) is 14.5. The van der Waals surface area contributed by atoms with Crippen LogP contribution in [-0.4, -0.2) is 63.2 Å². The van der Waals surface area contributed by atoms with Crippen LogP contribution in [0.2, 0.25) is 0 Å². The van der Waals surface area contributed by atoms with Crippen molar-refractivity contribution in [3.63, 3.8) is 0 Å². The first-order valence-corrected chi connectivity index (χ1v) is 10.2. The number of nitrogens with one attached hydrogen (secondary N) is 1. The number of ether oxygens (including phenoxy) is 1. The summed E-state index contributed by atoms with van der Waals surface area (Å²) in [4.78, 5) is 43.2. The van der Waals surface area contributed by atoms with Gasteiger partial charge in [0.05, 0.1) is 19.1 Å². The molecule has 30 heavy (non-hydrogen) atoms. The van der Waals surface area contributed by atoms with Crippen LogP contribution in [0.1, 0.15) is 35.9 Å². The van der Waals surface area contributed by atoms with Gasteiger partial charge in [0.1, 0.15) is 12.4 Å². The molecule has 1 saturated heterocycles. The topological polar surface area (TPSA) is 106 Å². The van der Waals surface area contributed by atoms with Crippen molar-refractivity contribution in [1.82, 2.24) is 25.0 Å². The Bertz CT molecular complexity index is 944. The van der Waals surface area contributed by atoms with Crippen LogP contribution in [0.3, 0.4) is 0 Å². The maximum absolute atomic E-state index is 12.8. The highest BCUT2D eigenvalue weighted by Gasteiger charge is 2.60. The fraction of sp³-hybridized carbons (Fsp3) is 0.476. The summed E-state index contributed by atoms with van der Waals surface area (Å²) >= 11 is 0. The van der Waals surface area contributed by atoms with E-state index in [1.54, 1.807) is 23.6 Å². The van der Waals surface area contributed by atoms with Gasteiger partial charge in [-0.15, -0.1) is 5.10 Å². The van der Waals surface area contributed by atoms with E-state index in [1.807, 2.05) is 30.3 Å². The van der Waals surface area contributed by atoms with Crippen molar-refractivity contribution in [2.75, 3.05) is 13.7 Å². The lowest BCUT2D eigenvalue weighted by molar-refractivity contribution is -0.146. The number of fused-ring (bicyclic) bond motifs is 1. The number of esters is 1. The molecule has 1 aliphatic heterocycles. The Morgan fingerprint density at radius 1 is 1.23 bits per heavy atom. The molecular weight excluding hydrogens is 386 g/mol. The Hall–Kier alpha value is -3.23. The predicted molar refractivity (Wildman–Crippen MR) is 106 cm³/mol. The Morgan fingerprint density at radius 3 is 2.73 bits per heavy atom. The molecule has 2 fully saturated rings. The minimum atomic E-state index is -0.654. The minimum absolute atomic E-state index is 0.0280. The molecule has 9 heteroatoms. The number of nitrogens with zero attached hydrogens (tertiary/aromatic N) is 4. The van der Waals surface area contributed by atoms with E-state index in [2.05, 4.69) is 15.4 Å². The van der Waals surface area contributed by atoms with E-state index in [9.17, 15) is 14.4 Å². The van der Waals surface area contributed by atoms with Crippen LogP contribution in [0.5, 0.6) is 0 Å². The lowest BCUT2D eigenvalue weighted by Crippen LogP contribution is -2.48. The van der Waals surface area contributed by atoms with Gasteiger partial charge in [0.2, 0.25) is 11.7 Å². The highest BCUT2D eigenvalue weighted by Crippen LogP contribution is 2.48. The molecular formula is C21H25N5O4. The monoisotopic (exact) mass is 411 g/mol. The Morgan fingerprint density at radius 2 is 2.00 bits per heavy atom. The number of carbonyl (C=O) groups is 3. The summed E-state index contributed by atoms with van der Waals surface area (Å²) < 4.78 is 6.70. The van der Waals surface area contributed by atoms with Gasteiger partial charge < -0.3 is 15.0 Å². The van der Waals surface area contributed by atoms with Crippen molar-refractivity contribution in [3.8, 4) is 0 Å². The second kappa shape index (κ2) is 8.25. The molecule has 0 spiro atoms. The third-order valence-corrected chi connectivity index (χ3v) is 5.80. The summed E-state index contributed by atoms with van der Waals surface area (Å²) in [6.45, 7) is 2.60. The zero-order valence-electron chi connectivity index (χ0n) is 17.0. The molecule has 2 heterocycles. The summed E-state index contributed by atoms with van der Waals surface area (Å²) in [5, 5.41) is 6.98. The molecule has 1 aliphatic carbocycles. The lowest BCUT2D eigenvalue weighted by atomic mass is 10.1. The normalized spacial score (nSPS) is 25.3. The SMILES string of the molecule is CCOC(=O)[C@@H]1[C@@H]2CC[C@H](NC(=O)c3ncn(Cc4ccccc4)n3)C(=O)N(C)[C@@H]21. The molecule has 9 nitrogen and oxygen atoms in total. The summed E-state index contributed by atoms with van der Waals surface area (Å²) in [5.74, 6) is -1.07. The molecule has 1 aromatic heterocycles. The number of hydrogen-bond donors (Lipinski definition) is 1. The van der Waals surface area contributed by atoms with Crippen molar-refractivity contribution < 1.29 is 19.1 Å². The molecule has 0 radical (unpaired) electrons. The Labute approximate surface area is 174 Å². The Kier molecular flexibility index (Phi) is 5.52. The number of amides is 2. The van der Waals surface area contributed by atoms with Crippen LogP contribution in [-0.2, 0) is 20.9 Å². The maximum Gasteiger partial charge on any atom is 0.311 e. The standard InChI is InChI=1S/C21H25N5O4/c1-3-30-21(29)16-14-9-10-15(20(28)25(2)17(14)16)23-19(27)18-22-12-26(24-18)11-13-7-5-4-6-8-13/h4-8,12,14-17H,3,9-11H2,1-2H3,(H,23,27)/t14-,15-,16+,17-/m0/s1. The van der Waals surface area contributed by atoms with E-state index in [0.29, 0.717) is 26.0 Å². The largest absolute Gasteiger partial charge is 0.466 e. The third kappa shape index (κ3) is 3.92. The average molecular weight is 411 g/mol. The van der Waals surface area contributed by atoms with Crippen LogP contribution in [0.25, 0.3) is 0 Å². The van der Waals surface area contributed by atoms with Crippen LogP contribution < -0.4 is 5.32 Å². The number of carbonyl (C=O) groups excluding carboxylic acids is 3. The van der Waals surface area contributed by atoms with Gasteiger partial charge in [0.15, 0.2) is 0 Å². The van der Waals surface area contributed by atoms with Crippen LogP contribution >= 0.6 is 0 Å². The fourth-order valence-electron chi connectivity index (χ4n) is 4.26. The highest BCUT2D eigenvalue weighted by molar-refractivity contribution is 5.95. The van der Waals surface area contributed by atoms with Gasteiger partial charge in [-0.3, -0.25) is 14.4 Å². The molecule has 2 amide bonds. The van der Waals surface area contributed by atoms with Crippen LogP contribution in [0.4, 0.5) is 0 Å². The first-order valence-electron chi connectivity index (χ1n) is 10.2. The summed E-state index contributed by atoms with van der Waals surface area (Å²) in [5.41, 5.74) is 1.05. The van der Waals surface area contributed by atoms with E-state index < -0.39 is 11.9 Å². The van der Waals surface area contributed by atoms with Crippen molar-refractivity contribution in [3.05, 3.63) is 48.0 Å². The van der Waals surface area contributed by atoms with Crippen molar-refractivity contribution in [1.29, 1.82) is 0 Å². The number of hydrogen-bond acceptors (Lipinski definition) is 6. The number of benzene rings is 1. The van der Waals surface area contributed by atoms with Crippen molar-refractivity contribution in [2.24, 2.45) is 11.8 Å². The van der Waals surface area contributed by atoms with Crippen molar-refractivity contribution in [2.45, 2.75) is 38.4 Å². The quantitative estimate of drug-likeness (QED) is 0.707. The lowest BCUT2D eigenvalue weighted by Gasteiger charge is -2.22. The Balaban J connectivity index is 1.36. The summed E-state index contributed by atoms with van der Waals surface area (Å²) in [6, 6.07) is 8.94. The van der Waals surface area contributed by atoms with Crippen molar-refractivity contribution >= 4 is 17.8 Å². The highest BCUT2D eigenvalue weighted by atomic mass is 16.5. The van der Waals surface area contributed by atoms with Gasteiger partial charge in [-0.05, 0) is 31.2 Å². The second-order valence-corrected chi connectivity index (χ2v) is 7.74. The predicted octanol–water partition coefficient (Wildman–Crippen LogP) is 0.855. The van der Waals surface area contributed by atoms with Crippen LogP contribution in [0.15, 0.2) is 36.7 Å². The maximum atomic E-state index is 12.8. The average Bonchev–Trinajstić information content (AvgIpc) is 3.31. The van der Waals surface area contributed by atoms with Gasteiger partial charge in [-0.2, -0.15) is 0 Å². The molecule has 158 valence electrons. The third-order valence-electron chi connectivity index (χ3n) is 5.80. The van der Waals surface area contributed by atoms with E-state index in [1.165, 1.54) is 6.33 Å². The van der Waals surface area contributed by atoms with Gasteiger partial charge in [0.25, 0.3) is 5.91 Å². The number of likely N-dealkylation sites (N-methyl/N-ethyl adjacent to an activating group) is 1. The van der Waals surface area contributed by atoms with E-state index in [4.69, 9.17) is 4.74 Å². The van der Waals surface area contributed by atoms with E-state index in [-0.39, 0.29) is 35.6 Å². The molecule has 2 aromatic rings. The minimum Gasteiger partial charge on any atom is -0.466 e. The number of rotatable bonds is 6. The van der Waals surface area contributed by atoms with E-state index in [0.717, 1.165) is 5.56 Å². The fourth-order valence-corrected chi connectivity index (χ4v) is 4.26. The zero-order chi connectivity index (χ0) is 21.3. The molecule has 0 unspecified atom stereocenters. The van der Waals surface area contributed by atoms with Gasteiger partial charge in [-0.25, -0.2) is 9.67 Å². The zero-order valence-corrected chi connectivity index (χ0v) is 17.0. The molecule has 4 rings (SSSR count). The molecule has 1 saturated carbocycles. The summed E-state index contributed by atoms with van der Waals surface area (Å²) in [6.07, 6.45) is 2.64. The molecule has 1 N–H and O–H groups in total. The van der Waals surface area contributed by atoms with E-state index >= 15 is 0 Å². The van der Waals surface area contributed by atoms with Gasteiger partial charge in [0, 0.05) is 13.1 Å².